The zero-order valence-electron chi connectivity index (χ0n) is 15.9. The van der Waals surface area contributed by atoms with E-state index in [4.69, 9.17) is 9.47 Å². The van der Waals surface area contributed by atoms with Gasteiger partial charge in [0.1, 0.15) is 6.54 Å². The van der Waals surface area contributed by atoms with Crippen LogP contribution in [0.5, 0.6) is 5.75 Å². The normalized spacial score (nSPS) is 10.3. The number of hydrogen-bond acceptors (Lipinski definition) is 5. The van der Waals surface area contributed by atoms with Gasteiger partial charge in [-0.1, -0.05) is 12.1 Å². The first-order chi connectivity index (χ1) is 13.3. The summed E-state index contributed by atoms with van der Waals surface area (Å²) < 4.78 is 25.1. The fraction of sp³-hybridized carbons (Fsp3) is 0.316. The van der Waals surface area contributed by atoms with E-state index in [1.807, 2.05) is 0 Å². The number of hydrogen-bond donors (Lipinski definition) is 2. The van der Waals surface area contributed by atoms with E-state index in [1.165, 1.54) is 18.2 Å². The molecule has 2 aromatic rings. The molecule has 0 fully saturated rings. The van der Waals surface area contributed by atoms with Crippen molar-refractivity contribution in [2.75, 3.05) is 13.2 Å². The van der Waals surface area contributed by atoms with E-state index < -0.39 is 30.2 Å². The number of rotatable bonds is 7. The van der Waals surface area contributed by atoms with Crippen LogP contribution in [0.15, 0.2) is 30.3 Å². The Morgan fingerprint density at radius 3 is 2.46 bits per heavy atom. The molecule has 1 aromatic carbocycles. The smallest absolute Gasteiger partial charge is 0.339 e. The minimum absolute atomic E-state index is 0.0611. The lowest BCUT2D eigenvalue weighted by Gasteiger charge is -2.12. The first kappa shape index (κ1) is 20.9. The lowest BCUT2D eigenvalue weighted by atomic mass is 10.2. The van der Waals surface area contributed by atoms with Crippen LogP contribution in [0, 0.1) is 19.7 Å². The van der Waals surface area contributed by atoms with E-state index in [0.717, 1.165) is 0 Å². The van der Waals surface area contributed by atoms with Crippen molar-refractivity contribution in [1.82, 2.24) is 15.4 Å². The quantitative estimate of drug-likeness (QED) is 0.552. The van der Waals surface area contributed by atoms with E-state index in [1.54, 1.807) is 37.5 Å². The molecule has 0 bridgehead atoms. The molecule has 0 aliphatic rings. The Morgan fingerprint density at radius 1 is 1.11 bits per heavy atom. The second-order valence-corrected chi connectivity index (χ2v) is 5.91. The third kappa shape index (κ3) is 5.32. The van der Waals surface area contributed by atoms with Crippen molar-refractivity contribution < 1.29 is 28.2 Å². The van der Waals surface area contributed by atoms with Gasteiger partial charge >= 0.3 is 5.97 Å². The molecule has 0 atom stereocenters. The third-order valence-electron chi connectivity index (χ3n) is 3.91. The highest BCUT2D eigenvalue weighted by atomic mass is 19.1. The van der Waals surface area contributed by atoms with Crippen molar-refractivity contribution in [2.45, 2.75) is 27.3 Å². The summed E-state index contributed by atoms with van der Waals surface area (Å²) in [5.74, 6) is -2.26. The molecule has 0 saturated heterocycles. The van der Waals surface area contributed by atoms with Gasteiger partial charge in [0.25, 0.3) is 11.8 Å². The zero-order valence-corrected chi connectivity index (χ0v) is 15.9. The highest BCUT2D eigenvalue weighted by molar-refractivity contribution is 5.91. The molecule has 1 aromatic heterocycles. The number of para-hydroxylation sites is 1. The molecule has 28 heavy (non-hydrogen) atoms. The van der Waals surface area contributed by atoms with Crippen molar-refractivity contribution in [1.29, 1.82) is 0 Å². The molecule has 0 spiro atoms. The fourth-order valence-electron chi connectivity index (χ4n) is 2.52. The van der Waals surface area contributed by atoms with Gasteiger partial charge in [0.2, 0.25) is 0 Å². The Morgan fingerprint density at radius 2 is 1.79 bits per heavy atom. The van der Waals surface area contributed by atoms with Crippen LogP contribution < -0.4 is 15.6 Å². The van der Waals surface area contributed by atoms with Crippen molar-refractivity contribution in [3.05, 3.63) is 53.1 Å². The molecule has 0 aliphatic carbocycles. The van der Waals surface area contributed by atoms with E-state index in [2.05, 4.69) is 10.9 Å². The SMILES string of the molecule is CCOC(=O)c1cc(C)n(CC(=O)NNC(=O)COc2ccccc2F)c1C. The molecule has 9 heteroatoms. The van der Waals surface area contributed by atoms with Crippen LogP contribution in [0.25, 0.3) is 0 Å². The van der Waals surface area contributed by atoms with Crippen LogP contribution in [0.1, 0.15) is 28.7 Å². The fourth-order valence-corrected chi connectivity index (χ4v) is 2.52. The summed E-state index contributed by atoms with van der Waals surface area (Å²) in [6, 6.07) is 7.31. The average Bonchev–Trinajstić information content (AvgIpc) is 2.94. The van der Waals surface area contributed by atoms with E-state index in [0.29, 0.717) is 17.0 Å². The van der Waals surface area contributed by atoms with Gasteiger partial charge in [-0.2, -0.15) is 0 Å². The molecule has 0 aliphatic heterocycles. The van der Waals surface area contributed by atoms with Crippen LogP contribution in [0.3, 0.4) is 0 Å². The van der Waals surface area contributed by atoms with Gasteiger partial charge in [0, 0.05) is 11.4 Å². The van der Waals surface area contributed by atoms with E-state index >= 15 is 0 Å². The van der Waals surface area contributed by atoms with Gasteiger partial charge in [-0.15, -0.1) is 0 Å². The van der Waals surface area contributed by atoms with Crippen LogP contribution >= 0.6 is 0 Å². The number of aromatic nitrogens is 1. The molecular weight excluding hydrogens is 369 g/mol. The van der Waals surface area contributed by atoms with Gasteiger partial charge < -0.3 is 14.0 Å². The predicted octanol–water partition coefficient (Wildman–Crippen LogP) is 1.65. The molecule has 2 N–H and O–H groups in total. The average molecular weight is 391 g/mol. The maximum absolute atomic E-state index is 13.4. The Hall–Kier alpha value is -3.36. The second-order valence-electron chi connectivity index (χ2n) is 5.91. The van der Waals surface area contributed by atoms with Gasteiger partial charge in [-0.25, -0.2) is 9.18 Å². The monoisotopic (exact) mass is 391 g/mol. The minimum Gasteiger partial charge on any atom is -0.481 e. The van der Waals surface area contributed by atoms with Crippen molar-refractivity contribution in [3.8, 4) is 5.75 Å². The van der Waals surface area contributed by atoms with Crippen LogP contribution in [-0.4, -0.2) is 35.6 Å². The highest BCUT2D eigenvalue weighted by Gasteiger charge is 2.18. The summed E-state index contributed by atoms with van der Waals surface area (Å²) in [6.07, 6.45) is 0. The molecule has 2 rings (SSSR count). The molecule has 0 radical (unpaired) electrons. The standard InChI is InChI=1S/C19H22FN3O5/c1-4-27-19(26)14-9-12(2)23(13(14)3)10-17(24)21-22-18(25)11-28-16-8-6-5-7-15(16)20/h5-9H,4,10-11H2,1-3H3,(H,21,24)(H,22,25). The molecule has 0 saturated carbocycles. The number of ether oxygens (including phenoxy) is 2. The maximum atomic E-state index is 13.4. The number of esters is 1. The number of carbonyl (C=O) groups is 3. The maximum Gasteiger partial charge on any atom is 0.339 e. The number of aryl methyl sites for hydroxylation is 1. The van der Waals surface area contributed by atoms with E-state index in [9.17, 15) is 18.8 Å². The molecular formula is C19H22FN3O5. The Balaban J connectivity index is 1.86. The Labute approximate surface area is 161 Å². The van der Waals surface area contributed by atoms with Gasteiger partial charge in [0.05, 0.1) is 12.2 Å². The summed E-state index contributed by atoms with van der Waals surface area (Å²) in [4.78, 5) is 35.7. The van der Waals surface area contributed by atoms with Crippen LogP contribution in [0.2, 0.25) is 0 Å². The van der Waals surface area contributed by atoms with Gasteiger partial charge in [-0.3, -0.25) is 20.4 Å². The zero-order chi connectivity index (χ0) is 20.7. The molecule has 0 unspecified atom stereocenters. The highest BCUT2D eigenvalue weighted by Crippen LogP contribution is 2.16. The lowest BCUT2D eigenvalue weighted by molar-refractivity contribution is -0.130. The van der Waals surface area contributed by atoms with Crippen molar-refractivity contribution in [3.63, 3.8) is 0 Å². The third-order valence-corrected chi connectivity index (χ3v) is 3.91. The van der Waals surface area contributed by atoms with Gasteiger partial charge in [0.15, 0.2) is 18.2 Å². The molecule has 2 amide bonds. The number of hydrazine groups is 1. The summed E-state index contributed by atoms with van der Waals surface area (Å²) >= 11 is 0. The summed E-state index contributed by atoms with van der Waals surface area (Å²) in [6.45, 7) is 4.85. The summed E-state index contributed by atoms with van der Waals surface area (Å²) in [7, 11) is 0. The first-order valence-corrected chi connectivity index (χ1v) is 8.62. The molecule has 1 heterocycles. The van der Waals surface area contributed by atoms with Crippen molar-refractivity contribution >= 4 is 17.8 Å². The number of carbonyl (C=O) groups excluding carboxylic acids is 3. The Kier molecular flexibility index (Phi) is 7.14. The number of nitrogens with zero attached hydrogens (tertiary/aromatic N) is 1. The molecule has 150 valence electrons. The number of amides is 2. The summed E-state index contributed by atoms with van der Waals surface area (Å²) in [5, 5.41) is 0. The number of benzene rings is 1. The summed E-state index contributed by atoms with van der Waals surface area (Å²) in [5.41, 5.74) is 6.11. The number of halogens is 1. The van der Waals surface area contributed by atoms with Crippen molar-refractivity contribution in [2.24, 2.45) is 0 Å². The van der Waals surface area contributed by atoms with Crippen LogP contribution in [0.4, 0.5) is 4.39 Å². The number of nitrogens with one attached hydrogen (secondary N) is 2. The first-order valence-electron chi connectivity index (χ1n) is 8.62. The molecule has 8 nitrogen and oxygen atoms in total. The van der Waals surface area contributed by atoms with E-state index in [-0.39, 0.29) is 18.9 Å². The minimum atomic E-state index is -0.648. The van der Waals surface area contributed by atoms with Crippen LogP contribution in [-0.2, 0) is 20.9 Å². The van der Waals surface area contributed by atoms with Gasteiger partial charge in [-0.05, 0) is 39.0 Å². The topological polar surface area (TPSA) is 98.7 Å². The second kappa shape index (κ2) is 9.54. The Bertz CT molecular complexity index is 878. The predicted molar refractivity (Wildman–Crippen MR) is 98.0 cm³/mol. The largest absolute Gasteiger partial charge is 0.481 e. The lowest BCUT2D eigenvalue weighted by Crippen LogP contribution is -2.45.